The molecule has 0 saturated carbocycles. The molecule has 10 rings (SSSR count). The van der Waals surface area contributed by atoms with Crippen molar-refractivity contribution in [2.24, 2.45) is 0 Å². The molecule has 2 aromatic heterocycles. The van der Waals surface area contributed by atoms with Crippen molar-refractivity contribution in [2.75, 3.05) is 47.0 Å². The summed E-state index contributed by atoms with van der Waals surface area (Å²) < 4.78 is 36.3. The molecular weight excluding hydrogens is 1060 g/mol. The van der Waals surface area contributed by atoms with Gasteiger partial charge >= 0.3 is 0 Å². The van der Waals surface area contributed by atoms with Gasteiger partial charge in [0.05, 0.1) is 17.9 Å². The van der Waals surface area contributed by atoms with Crippen LogP contribution in [0.5, 0.6) is 0 Å². The van der Waals surface area contributed by atoms with Gasteiger partial charge in [-0.25, -0.2) is 12.7 Å². The molecule has 4 heterocycles. The van der Waals surface area contributed by atoms with Crippen LogP contribution >= 0.6 is 27.9 Å². The van der Waals surface area contributed by atoms with Crippen molar-refractivity contribution in [3.05, 3.63) is 214 Å². The lowest BCUT2D eigenvalue weighted by atomic mass is 10.0. The van der Waals surface area contributed by atoms with Gasteiger partial charge in [-0.3, -0.25) is 0 Å². The van der Waals surface area contributed by atoms with Gasteiger partial charge in [0.25, 0.3) is 0 Å². The summed E-state index contributed by atoms with van der Waals surface area (Å²) in [5.41, 5.74) is 10.3. The number of aromatic nitrogens is 2. The van der Waals surface area contributed by atoms with Gasteiger partial charge in [0.15, 0.2) is 5.25 Å². The smallest absolute Gasteiger partial charge is 0.234 e. The highest BCUT2D eigenvalue weighted by Gasteiger charge is 2.32. The Morgan fingerprint density at radius 3 is 1.51 bits per heavy atom. The van der Waals surface area contributed by atoms with Gasteiger partial charge in [0.1, 0.15) is 0 Å². The molecule has 0 amide bonds. The third kappa shape index (κ3) is 16.0. The second-order valence-corrected chi connectivity index (χ2v) is 24.1. The predicted molar refractivity (Wildman–Crippen MR) is 320 cm³/mol. The van der Waals surface area contributed by atoms with E-state index in [0.29, 0.717) is 23.4 Å². The Labute approximate surface area is 469 Å². The minimum absolute atomic E-state index is 0. The first kappa shape index (κ1) is 60.2. The number of halogens is 1. The molecule has 2 fully saturated rings. The van der Waals surface area contributed by atoms with E-state index in [4.69, 9.17) is 5.26 Å². The number of nitriles is 2. The molecular formula is C62H73BrN8O4S2. The van der Waals surface area contributed by atoms with E-state index in [1.165, 1.54) is 68.8 Å². The molecule has 15 heteroatoms. The summed E-state index contributed by atoms with van der Waals surface area (Å²) in [7, 11) is 4.07. The van der Waals surface area contributed by atoms with Gasteiger partial charge < -0.3 is 29.9 Å². The molecule has 0 spiro atoms. The summed E-state index contributed by atoms with van der Waals surface area (Å²) in [6, 6.07) is 58.5. The number of benzene rings is 6. The van der Waals surface area contributed by atoms with Gasteiger partial charge in [-0.1, -0.05) is 155 Å². The number of likely N-dealkylation sites (tertiary alicyclic amines) is 2. The molecule has 0 bridgehead atoms. The summed E-state index contributed by atoms with van der Waals surface area (Å²) in [5.74, 6) is 0.517. The van der Waals surface area contributed by atoms with E-state index >= 15 is 0 Å². The number of hydrogen-bond acceptors (Lipinski definition) is 8. The number of rotatable bonds is 17. The third-order valence-corrected chi connectivity index (χ3v) is 17.8. The summed E-state index contributed by atoms with van der Waals surface area (Å²) in [5, 5.41) is 19.6. The van der Waals surface area contributed by atoms with Crippen molar-refractivity contribution in [1.29, 1.82) is 10.5 Å². The second-order valence-electron chi connectivity index (χ2n) is 19.9. The molecule has 2 saturated heterocycles. The maximum absolute atomic E-state index is 13.5. The first-order valence-corrected chi connectivity index (χ1v) is 29.1. The quantitative estimate of drug-likeness (QED) is 0.0812. The van der Waals surface area contributed by atoms with Crippen LogP contribution in [0.3, 0.4) is 0 Å². The summed E-state index contributed by atoms with van der Waals surface area (Å²) in [6.07, 6.45) is 11.6. The molecule has 8 aromatic rings. The lowest BCUT2D eigenvalue weighted by Gasteiger charge is -2.21. The van der Waals surface area contributed by atoms with Crippen molar-refractivity contribution in [1.82, 2.24) is 27.5 Å². The highest BCUT2D eigenvalue weighted by atomic mass is 79.9. The molecule has 404 valence electrons. The summed E-state index contributed by atoms with van der Waals surface area (Å²) in [4.78, 5) is 4.92. The lowest BCUT2D eigenvalue weighted by molar-refractivity contribution is 0.309. The van der Waals surface area contributed by atoms with E-state index in [2.05, 4.69) is 151 Å². The molecule has 0 radical (unpaired) electrons. The van der Waals surface area contributed by atoms with Crippen LogP contribution < -0.4 is 0 Å². The lowest BCUT2D eigenvalue weighted by Crippen LogP contribution is -2.30. The van der Waals surface area contributed by atoms with Crippen molar-refractivity contribution in [3.63, 3.8) is 0 Å². The van der Waals surface area contributed by atoms with Gasteiger partial charge in [-0.05, 0) is 142 Å². The van der Waals surface area contributed by atoms with E-state index in [0.717, 1.165) is 66.4 Å². The Kier molecular flexibility index (Phi) is 22.7. The van der Waals surface area contributed by atoms with Crippen LogP contribution in [0.4, 0.5) is 0 Å². The highest BCUT2D eigenvalue weighted by Crippen LogP contribution is 2.34. The van der Waals surface area contributed by atoms with Crippen molar-refractivity contribution in [3.8, 4) is 12.1 Å². The SMILES string of the molecule is CN(Cc1ccccc1)SCC#N.CN1CCC[C@@H]1Cc1cn(Cc2ccccc2)c2ccc(Br)cc12.CN1CCC[C@@H]1Cc1cn(Cc2ccccc2)c2ccc(C(C#N)S(=O)(=O)N(C)Cc3ccccc3)cc12.O.O. The van der Waals surface area contributed by atoms with Crippen molar-refractivity contribution in [2.45, 2.75) is 82.0 Å². The Hall–Kier alpha value is -6.08. The molecule has 4 N–H and O–H groups in total. The summed E-state index contributed by atoms with van der Waals surface area (Å²) in [6.45, 7) is 5.10. The largest absolute Gasteiger partial charge is 0.412 e. The maximum atomic E-state index is 13.5. The number of sulfonamides is 1. The third-order valence-electron chi connectivity index (χ3n) is 14.6. The van der Waals surface area contributed by atoms with Crippen LogP contribution in [0.1, 0.15) is 69.9 Å². The minimum Gasteiger partial charge on any atom is -0.412 e. The Balaban J connectivity index is 0.000000210. The first-order valence-electron chi connectivity index (χ1n) is 25.9. The van der Waals surface area contributed by atoms with Crippen molar-refractivity contribution >= 4 is 59.7 Å². The number of fused-ring (bicyclic) bond motifs is 2. The standard InChI is InChI=1S/C31H34N4O2S.C21H23BrN2.C10H12N2S.2H2O/c1-33-17-9-14-28(33)18-27-23-35(22-25-12-7-4-8-13-25)30-16-15-26(19-29(27)30)31(20-32)38(36,37)34(2)21-24-10-5-3-6-11-24;1-23-11-5-8-19(23)12-17-15-24(14-16-6-3-2-4-7-16)21-10-9-18(22)13-20(17)21;1-12(13-8-7-11)9-10-5-3-2-4-6-10;;/h3-8,10-13,15-16,19,23,28,31H,9,14,17-18,21-22H2,1-2H3;2-4,6-7,9-10,13,15,19H,5,8,11-12,14H2,1H3;2-6H,8-9H2,1H3;2*1H2/t28-,31?;19-;;;/m11.../s1. The fourth-order valence-electron chi connectivity index (χ4n) is 10.5. The van der Waals surface area contributed by atoms with E-state index in [1.807, 2.05) is 85.9 Å². The molecule has 0 aliphatic carbocycles. The number of likely N-dealkylation sites (N-methyl/N-ethyl adjacent to an activating group) is 2. The number of nitrogens with zero attached hydrogens (tertiary/aromatic N) is 8. The van der Waals surface area contributed by atoms with Crippen LogP contribution in [0.15, 0.2) is 175 Å². The highest BCUT2D eigenvalue weighted by molar-refractivity contribution is 9.10. The van der Waals surface area contributed by atoms with Gasteiger partial charge in [0, 0.05) is 84.0 Å². The topological polar surface area (TPSA) is 168 Å². The zero-order valence-corrected chi connectivity index (χ0v) is 47.9. The van der Waals surface area contributed by atoms with Crippen LogP contribution in [-0.2, 0) is 49.0 Å². The molecule has 77 heavy (non-hydrogen) atoms. The van der Waals surface area contributed by atoms with Crippen LogP contribution in [-0.4, -0.2) is 106 Å². The van der Waals surface area contributed by atoms with Crippen LogP contribution in [0, 0.1) is 22.7 Å². The molecule has 1 unspecified atom stereocenters. The molecule has 2 aliphatic heterocycles. The Morgan fingerprint density at radius 2 is 1.06 bits per heavy atom. The average Bonchev–Trinajstić information content (AvgIpc) is 4.21. The average molecular weight is 1140 g/mol. The summed E-state index contributed by atoms with van der Waals surface area (Å²) >= 11 is 5.19. The Morgan fingerprint density at radius 1 is 0.623 bits per heavy atom. The molecule has 6 aromatic carbocycles. The minimum atomic E-state index is -3.90. The molecule has 2 aliphatic rings. The molecule has 3 atom stereocenters. The molecule has 12 nitrogen and oxygen atoms in total. The van der Waals surface area contributed by atoms with E-state index in [9.17, 15) is 13.7 Å². The normalized spacial score (nSPS) is 15.9. The fourth-order valence-corrected chi connectivity index (χ4v) is 12.7. The van der Waals surface area contributed by atoms with Crippen LogP contribution in [0.2, 0.25) is 0 Å². The fraction of sp³-hybridized carbons (Fsp3) is 0.323. The van der Waals surface area contributed by atoms with Gasteiger partial charge in [0.2, 0.25) is 10.0 Å². The van der Waals surface area contributed by atoms with Crippen molar-refractivity contribution < 1.29 is 19.4 Å². The zero-order valence-electron chi connectivity index (χ0n) is 44.7. The zero-order chi connectivity index (χ0) is 52.7. The Bertz CT molecular complexity index is 3290. The number of hydrogen-bond donors (Lipinski definition) is 0. The predicted octanol–water partition coefficient (Wildman–Crippen LogP) is 11.1. The van der Waals surface area contributed by atoms with Crippen LogP contribution in [0.25, 0.3) is 21.8 Å². The second kappa shape index (κ2) is 29.1. The maximum Gasteiger partial charge on any atom is 0.234 e. The first-order chi connectivity index (χ1) is 36.4. The monoisotopic (exact) mass is 1140 g/mol. The van der Waals surface area contributed by atoms with E-state index in [-0.39, 0.29) is 17.5 Å². The van der Waals surface area contributed by atoms with E-state index < -0.39 is 15.3 Å². The van der Waals surface area contributed by atoms with Gasteiger partial charge in [-0.2, -0.15) is 14.8 Å². The van der Waals surface area contributed by atoms with Gasteiger partial charge in [-0.15, -0.1) is 0 Å². The van der Waals surface area contributed by atoms with E-state index in [1.54, 1.807) is 25.1 Å².